The molecule has 2 amide bonds. The summed E-state index contributed by atoms with van der Waals surface area (Å²) < 4.78 is 0. The van der Waals surface area contributed by atoms with Gasteiger partial charge in [-0.05, 0) is 23.6 Å². The van der Waals surface area contributed by atoms with E-state index < -0.39 is 12.0 Å². The molecule has 2 N–H and O–H groups in total. The molecule has 0 bridgehead atoms. The molecule has 1 atom stereocenters. The average Bonchev–Trinajstić information content (AvgIpc) is 2.74. The predicted molar refractivity (Wildman–Crippen MR) is 76.9 cm³/mol. The summed E-state index contributed by atoms with van der Waals surface area (Å²) in [6.07, 6.45) is 0. The number of aliphatic carboxylic acids is 1. The number of carbonyl (C=O) groups is 2. The predicted octanol–water partition coefficient (Wildman–Crippen LogP) is 1.74. The molecule has 0 saturated carbocycles. The number of rotatable bonds is 5. The summed E-state index contributed by atoms with van der Waals surface area (Å²) in [5, 5.41) is 18.5. The van der Waals surface area contributed by atoms with Crippen molar-refractivity contribution in [3.05, 3.63) is 29.8 Å². The largest absolute Gasteiger partial charge is 0.508 e. The summed E-state index contributed by atoms with van der Waals surface area (Å²) in [6.45, 7) is 4.95. The van der Waals surface area contributed by atoms with Gasteiger partial charge in [-0.1, -0.05) is 26.0 Å². The van der Waals surface area contributed by atoms with Crippen LogP contribution in [0, 0.1) is 5.92 Å². The molecule has 1 aromatic carbocycles. The number of hydrogen-bond acceptors (Lipinski definition) is 3. The molecule has 1 aliphatic heterocycles. The second kappa shape index (κ2) is 6.03. The van der Waals surface area contributed by atoms with Crippen molar-refractivity contribution in [1.29, 1.82) is 0 Å². The van der Waals surface area contributed by atoms with E-state index in [0.29, 0.717) is 19.6 Å². The fraction of sp³-hybridized carbons (Fsp3) is 0.467. The Balaban J connectivity index is 2.07. The van der Waals surface area contributed by atoms with Gasteiger partial charge in [0.2, 0.25) is 0 Å². The van der Waals surface area contributed by atoms with E-state index in [1.165, 1.54) is 4.90 Å². The molecule has 0 aromatic heterocycles. The fourth-order valence-electron chi connectivity index (χ4n) is 2.61. The van der Waals surface area contributed by atoms with Crippen LogP contribution in [0.1, 0.15) is 19.4 Å². The van der Waals surface area contributed by atoms with Gasteiger partial charge in [0.25, 0.3) is 0 Å². The Bertz CT molecular complexity index is 527. The quantitative estimate of drug-likeness (QED) is 0.866. The molecule has 21 heavy (non-hydrogen) atoms. The number of carbonyl (C=O) groups excluding carboxylic acids is 1. The lowest BCUT2D eigenvalue weighted by atomic mass is 10.0. The molecule has 1 fully saturated rings. The van der Waals surface area contributed by atoms with Crippen LogP contribution in [0.15, 0.2) is 24.3 Å². The minimum absolute atomic E-state index is 0.139. The van der Waals surface area contributed by atoms with Crippen molar-refractivity contribution in [3.63, 3.8) is 0 Å². The highest BCUT2D eigenvalue weighted by atomic mass is 16.4. The number of phenolic OH excluding ortho intramolecular Hbond substituents is 1. The molecule has 6 nitrogen and oxygen atoms in total. The number of amides is 2. The van der Waals surface area contributed by atoms with Gasteiger partial charge >= 0.3 is 12.0 Å². The highest BCUT2D eigenvalue weighted by Gasteiger charge is 2.38. The van der Waals surface area contributed by atoms with Crippen molar-refractivity contribution in [3.8, 4) is 5.75 Å². The van der Waals surface area contributed by atoms with Crippen molar-refractivity contribution < 1.29 is 19.8 Å². The third-order valence-corrected chi connectivity index (χ3v) is 3.66. The average molecular weight is 292 g/mol. The second-order valence-electron chi connectivity index (χ2n) is 5.59. The summed E-state index contributed by atoms with van der Waals surface area (Å²) in [7, 11) is 0. The van der Waals surface area contributed by atoms with Crippen molar-refractivity contribution in [1.82, 2.24) is 9.80 Å². The summed E-state index contributed by atoms with van der Waals surface area (Å²) in [4.78, 5) is 26.8. The van der Waals surface area contributed by atoms with Gasteiger partial charge in [0.05, 0.1) is 0 Å². The number of hydrogen-bond donors (Lipinski definition) is 2. The SMILES string of the molecule is CC(C)C(C(=O)O)N1CCN(Cc2ccc(O)cc2)C1=O. The number of benzene rings is 1. The van der Waals surface area contributed by atoms with Crippen LogP contribution >= 0.6 is 0 Å². The zero-order chi connectivity index (χ0) is 15.6. The Kier molecular flexibility index (Phi) is 4.35. The number of urea groups is 1. The van der Waals surface area contributed by atoms with Crippen LogP contribution in [-0.2, 0) is 11.3 Å². The number of aromatic hydroxyl groups is 1. The maximum atomic E-state index is 12.4. The van der Waals surface area contributed by atoms with Gasteiger partial charge in [-0.2, -0.15) is 0 Å². The Labute approximate surface area is 123 Å². The molecule has 0 aliphatic carbocycles. The summed E-state index contributed by atoms with van der Waals surface area (Å²) in [5.41, 5.74) is 0.902. The maximum Gasteiger partial charge on any atom is 0.326 e. The van der Waals surface area contributed by atoms with Crippen LogP contribution in [0.4, 0.5) is 4.79 Å². The van der Waals surface area contributed by atoms with Crippen molar-refractivity contribution in [2.24, 2.45) is 5.92 Å². The van der Waals surface area contributed by atoms with E-state index in [0.717, 1.165) is 5.56 Å². The third kappa shape index (κ3) is 3.26. The van der Waals surface area contributed by atoms with Crippen LogP contribution in [0.25, 0.3) is 0 Å². The molecule has 1 unspecified atom stereocenters. The first kappa shape index (κ1) is 15.2. The number of carboxylic acid groups (broad SMARTS) is 1. The molecular weight excluding hydrogens is 272 g/mol. The molecule has 1 saturated heterocycles. The van der Waals surface area contributed by atoms with Crippen molar-refractivity contribution in [2.45, 2.75) is 26.4 Å². The molecule has 0 spiro atoms. The Morgan fingerprint density at radius 3 is 2.38 bits per heavy atom. The monoisotopic (exact) mass is 292 g/mol. The van der Waals surface area contributed by atoms with E-state index in [1.54, 1.807) is 43.0 Å². The normalized spacial score (nSPS) is 16.6. The molecule has 2 rings (SSSR count). The van der Waals surface area contributed by atoms with Crippen LogP contribution in [0.2, 0.25) is 0 Å². The second-order valence-corrected chi connectivity index (χ2v) is 5.59. The van der Waals surface area contributed by atoms with E-state index in [1.807, 2.05) is 0 Å². The number of carboxylic acids is 1. The van der Waals surface area contributed by atoms with Crippen molar-refractivity contribution >= 4 is 12.0 Å². The first-order valence-electron chi connectivity index (χ1n) is 6.96. The van der Waals surface area contributed by atoms with E-state index >= 15 is 0 Å². The number of phenols is 1. The summed E-state index contributed by atoms with van der Waals surface area (Å²) >= 11 is 0. The minimum Gasteiger partial charge on any atom is -0.508 e. The zero-order valence-electron chi connectivity index (χ0n) is 12.2. The molecule has 1 aliphatic rings. The van der Waals surface area contributed by atoms with E-state index in [4.69, 9.17) is 0 Å². The molecule has 1 aromatic rings. The maximum absolute atomic E-state index is 12.4. The highest BCUT2D eigenvalue weighted by Crippen LogP contribution is 2.21. The Morgan fingerprint density at radius 2 is 1.86 bits per heavy atom. The van der Waals surface area contributed by atoms with Crippen molar-refractivity contribution in [2.75, 3.05) is 13.1 Å². The van der Waals surface area contributed by atoms with E-state index in [9.17, 15) is 19.8 Å². The first-order valence-corrected chi connectivity index (χ1v) is 6.96. The smallest absolute Gasteiger partial charge is 0.326 e. The molecule has 0 radical (unpaired) electrons. The van der Waals surface area contributed by atoms with Crippen LogP contribution in [0.5, 0.6) is 5.75 Å². The molecule has 114 valence electrons. The summed E-state index contributed by atoms with van der Waals surface area (Å²) in [6, 6.07) is 5.61. The van der Waals surface area contributed by atoms with Gasteiger partial charge in [0.1, 0.15) is 11.8 Å². The molecular formula is C15H20N2O4. The van der Waals surface area contributed by atoms with Gasteiger partial charge in [0.15, 0.2) is 0 Å². The van der Waals surface area contributed by atoms with E-state index in [-0.39, 0.29) is 17.7 Å². The Hall–Kier alpha value is -2.24. The lowest BCUT2D eigenvalue weighted by molar-refractivity contribution is -0.143. The van der Waals surface area contributed by atoms with Crippen LogP contribution < -0.4 is 0 Å². The lowest BCUT2D eigenvalue weighted by Gasteiger charge is -2.27. The van der Waals surface area contributed by atoms with Gasteiger partial charge < -0.3 is 20.0 Å². The summed E-state index contributed by atoms with van der Waals surface area (Å²) in [5.74, 6) is -0.927. The highest BCUT2D eigenvalue weighted by molar-refractivity contribution is 5.84. The topological polar surface area (TPSA) is 81.1 Å². The minimum atomic E-state index is -0.968. The molecule has 6 heteroatoms. The van der Waals surface area contributed by atoms with E-state index in [2.05, 4.69) is 0 Å². The zero-order valence-corrected chi connectivity index (χ0v) is 12.2. The molecule has 1 heterocycles. The Morgan fingerprint density at radius 1 is 1.24 bits per heavy atom. The third-order valence-electron chi connectivity index (χ3n) is 3.66. The van der Waals surface area contributed by atoms with Gasteiger partial charge in [-0.25, -0.2) is 9.59 Å². The fourth-order valence-corrected chi connectivity index (χ4v) is 2.61. The van der Waals surface area contributed by atoms with Gasteiger partial charge in [-0.3, -0.25) is 0 Å². The number of nitrogens with zero attached hydrogens (tertiary/aromatic N) is 2. The van der Waals surface area contributed by atoms with Crippen LogP contribution in [-0.4, -0.2) is 51.1 Å². The lowest BCUT2D eigenvalue weighted by Crippen LogP contribution is -2.46. The van der Waals surface area contributed by atoms with Gasteiger partial charge in [0, 0.05) is 19.6 Å². The standard InChI is InChI=1S/C15H20N2O4/c1-10(2)13(14(19)20)17-8-7-16(15(17)21)9-11-3-5-12(18)6-4-11/h3-6,10,13,18H,7-9H2,1-2H3,(H,19,20). The van der Waals surface area contributed by atoms with Crippen LogP contribution in [0.3, 0.4) is 0 Å². The first-order chi connectivity index (χ1) is 9.90. The van der Waals surface area contributed by atoms with Gasteiger partial charge in [-0.15, -0.1) is 0 Å².